The summed E-state index contributed by atoms with van der Waals surface area (Å²) in [6.07, 6.45) is 7.42. The van der Waals surface area contributed by atoms with Crippen molar-refractivity contribution in [3.8, 4) is 0 Å². The van der Waals surface area contributed by atoms with Crippen LogP contribution in [0.1, 0.15) is 63.3 Å². The number of hydrogen-bond acceptors (Lipinski definition) is 3. The minimum Gasteiger partial charge on any atom is -0.307 e. The second-order valence-electron chi connectivity index (χ2n) is 6.50. The van der Waals surface area contributed by atoms with E-state index in [9.17, 15) is 0 Å². The van der Waals surface area contributed by atoms with Crippen LogP contribution >= 0.6 is 11.3 Å². The molecule has 1 N–H and O–H groups in total. The molecule has 1 aromatic rings. The summed E-state index contributed by atoms with van der Waals surface area (Å²) in [6.45, 7) is 10.00. The summed E-state index contributed by atoms with van der Waals surface area (Å²) in [4.78, 5) is 5.90. The third-order valence-corrected chi connectivity index (χ3v) is 5.01. The van der Waals surface area contributed by atoms with Gasteiger partial charge in [-0.25, -0.2) is 4.98 Å². The Morgan fingerprint density at radius 2 is 2.00 bits per heavy atom. The molecule has 1 heterocycles. The van der Waals surface area contributed by atoms with Crippen LogP contribution in [-0.2, 0) is 12.0 Å². The number of nitrogens with zero attached hydrogens (tertiary/aromatic N) is 1. The molecular formula is C14H24N2S. The molecule has 1 fully saturated rings. The summed E-state index contributed by atoms with van der Waals surface area (Å²) >= 11 is 1.85. The first-order chi connectivity index (χ1) is 7.89. The van der Waals surface area contributed by atoms with Gasteiger partial charge in [0.1, 0.15) is 0 Å². The quantitative estimate of drug-likeness (QED) is 0.883. The van der Waals surface area contributed by atoms with E-state index < -0.39 is 0 Å². The normalized spacial score (nSPS) is 19.8. The molecule has 1 aromatic heterocycles. The van der Waals surface area contributed by atoms with Crippen LogP contribution in [0, 0.1) is 0 Å². The zero-order chi connectivity index (χ0) is 12.5. The zero-order valence-electron chi connectivity index (χ0n) is 11.5. The summed E-state index contributed by atoms with van der Waals surface area (Å²) < 4.78 is 0. The van der Waals surface area contributed by atoms with E-state index >= 15 is 0 Å². The molecule has 2 rings (SSSR count). The van der Waals surface area contributed by atoms with Crippen molar-refractivity contribution < 1.29 is 0 Å². The molecule has 1 aliphatic rings. The third kappa shape index (κ3) is 3.29. The Hall–Kier alpha value is -0.410. The smallest absolute Gasteiger partial charge is 0.0981 e. The van der Waals surface area contributed by atoms with Crippen LogP contribution in [0.5, 0.6) is 0 Å². The average molecular weight is 252 g/mol. The van der Waals surface area contributed by atoms with Crippen molar-refractivity contribution in [1.29, 1.82) is 0 Å². The standard InChI is InChI=1S/C14H24N2S/c1-13(2,3)12-15-9-11(17-12)10-16-14(4)7-5-6-8-14/h9,16H,5-8,10H2,1-4H3. The van der Waals surface area contributed by atoms with Crippen molar-refractivity contribution in [1.82, 2.24) is 10.3 Å². The molecule has 1 aliphatic carbocycles. The highest BCUT2D eigenvalue weighted by Crippen LogP contribution is 2.30. The number of hydrogen-bond donors (Lipinski definition) is 1. The molecule has 3 heteroatoms. The molecule has 0 atom stereocenters. The maximum Gasteiger partial charge on any atom is 0.0981 e. The van der Waals surface area contributed by atoms with Gasteiger partial charge in [-0.1, -0.05) is 33.6 Å². The topological polar surface area (TPSA) is 24.9 Å². The van der Waals surface area contributed by atoms with Gasteiger partial charge in [0.25, 0.3) is 0 Å². The molecule has 0 spiro atoms. The fraction of sp³-hybridized carbons (Fsp3) is 0.786. The van der Waals surface area contributed by atoms with Gasteiger partial charge >= 0.3 is 0 Å². The van der Waals surface area contributed by atoms with Crippen molar-refractivity contribution in [3.05, 3.63) is 16.1 Å². The lowest BCUT2D eigenvalue weighted by Crippen LogP contribution is -2.38. The van der Waals surface area contributed by atoms with Crippen LogP contribution < -0.4 is 5.32 Å². The number of aromatic nitrogens is 1. The summed E-state index contributed by atoms with van der Waals surface area (Å²) in [7, 11) is 0. The van der Waals surface area contributed by atoms with E-state index in [2.05, 4.69) is 38.0 Å². The lowest BCUT2D eigenvalue weighted by molar-refractivity contribution is 0.364. The summed E-state index contributed by atoms with van der Waals surface area (Å²) in [6, 6.07) is 0. The first-order valence-electron chi connectivity index (χ1n) is 6.59. The first-order valence-corrected chi connectivity index (χ1v) is 7.41. The van der Waals surface area contributed by atoms with Gasteiger partial charge < -0.3 is 5.32 Å². The van der Waals surface area contributed by atoms with Crippen molar-refractivity contribution in [2.45, 2.75) is 70.9 Å². The van der Waals surface area contributed by atoms with Crippen LogP contribution in [0.15, 0.2) is 6.20 Å². The Morgan fingerprint density at radius 1 is 1.35 bits per heavy atom. The van der Waals surface area contributed by atoms with E-state index in [1.54, 1.807) is 0 Å². The van der Waals surface area contributed by atoms with Gasteiger partial charge in [-0.3, -0.25) is 0 Å². The summed E-state index contributed by atoms with van der Waals surface area (Å²) in [5.41, 5.74) is 0.548. The van der Waals surface area contributed by atoms with Crippen LogP contribution in [0.3, 0.4) is 0 Å². The van der Waals surface area contributed by atoms with Crippen molar-refractivity contribution in [2.75, 3.05) is 0 Å². The maximum absolute atomic E-state index is 4.53. The van der Waals surface area contributed by atoms with E-state index in [0.717, 1.165) is 6.54 Å². The molecule has 0 aliphatic heterocycles. The number of rotatable bonds is 3. The van der Waals surface area contributed by atoms with Gasteiger partial charge in [0.05, 0.1) is 5.01 Å². The van der Waals surface area contributed by atoms with E-state index in [4.69, 9.17) is 0 Å². The Kier molecular flexibility index (Phi) is 3.60. The minimum absolute atomic E-state index is 0.181. The fourth-order valence-corrected chi connectivity index (χ4v) is 3.28. The van der Waals surface area contributed by atoms with Gasteiger partial charge in [0, 0.05) is 28.6 Å². The molecular weight excluding hydrogens is 228 g/mol. The lowest BCUT2D eigenvalue weighted by atomic mass is 9.98. The van der Waals surface area contributed by atoms with E-state index in [0.29, 0.717) is 5.54 Å². The second kappa shape index (κ2) is 4.69. The van der Waals surface area contributed by atoms with Crippen LogP contribution in [0.4, 0.5) is 0 Å². The van der Waals surface area contributed by atoms with Crippen molar-refractivity contribution in [2.24, 2.45) is 0 Å². The molecule has 0 amide bonds. The lowest BCUT2D eigenvalue weighted by Gasteiger charge is -2.24. The highest BCUT2D eigenvalue weighted by atomic mass is 32.1. The summed E-state index contributed by atoms with van der Waals surface area (Å²) in [5.74, 6) is 0. The maximum atomic E-state index is 4.53. The second-order valence-corrected chi connectivity index (χ2v) is 7.62. The average Bonchev–Trinajstić information content (AvgIpc) is 2.83. The largest absolute Gasteiger partial charge is 0.307 e. The highest BCUT2D eigenvalue weighted by Gasteiger charge is 2.28. The van der Waals surface area contributed by atoms with Gasteiger partial charge in [-0.05, 0) is 19.8 Å². The van der Waals surface area contributed by atoms with E-state index in [1.807, 2.05) is 17.5 Å². The Labute approximate surface area is 109 Å². The molecule has 0 saturated heterocycles. The zero-order valence-corrected chi connectivity index (χ0v) is 12.3. The monoisotopic (exact) mass is 252 g/mol. The molecule has 0 unspecified atom stereocenters. The molecule has 0 bridgehead atoms. The highest BCUT2D eigenvalue weighted by molar-refractivity contribution is 7.11. The Morgan fingerprint density at radius 3 is 2.53 bits per heavy atom. The molecule has 1 saturated carbocycles. The van der Waals surface area contributed by atoms with Crippen LogP contribution in [0.2, 0.25) is 0 Å². The molecule has 0 radical (unpaired) electrons. The van der Waals surface area contributed by atoms with E-state index in [-0.39, 0.29) is 5.41 Å². The minimum atomic E-state index is 0.181. The van der Waals surface area contributed by atoms with Crippen LogP contribution in [0.25, 0.3) is 0 Å². The van der Waals surface area contributed by atoms with Gasteiger partial charge in [-0.15, -0.1) is 11.3 Å². The molecule has 0 aromatic carbocycles. The SMILES string of the molecule is CC1(NCc2cnc(C(C)(C)C)s2)CCCC1. The van der Waals surface area contributed by atoms with E-state index in [1.165, 1.54) is 35.6 Å². The van der Waals surface area contributed by atoms with Gasteiger partial charge in [-0.2, -0.15) is 0 Å². The molecule has 2 nitrogen and oxygen atoms in total. The third-order valence-electron chi connectivity index (χ3n) is 3.59. The molecule has 17 heavy (non-hydrogen) atoms. The number of thiazole rings is 1. The molecule has 96 valence electrons. The predicted molar refractivity (Wildman–Crippen MR) is 74.5 cm³/mol. The fourth-order valence-electron chi connectivity index (χ4n) is 2.37. The Balaban J connectivity index is 1.93. The Bertz CT molecular complexity index is 370. The van der Waals surface area contributed by atoms with Crippen molar-refractivity contribution in [3.63, 3.8) is 0 Å². The van der Waals surface area contributed by atoms with Crippen LogP contribution in [-0.4, -0.2) is 10.5 Å². The van der Waals surface area contributed by atoms with Gasteiger partial charge in [0.15, 0.2) is 0 Å². The van der Waals surface area contributed by atoms with Crippen molar-refractivity contribution >= 4 is 11.3 Å². The first kappa shape index (κ1) is 13.0. The predicted octanol–water partition coefficient (Wildman–Crippen LogP) is 3.86. The number of nitrogens with one attached hydrogen (secondary N) is 1. The van der Waals surface area contributed by atoms with Gasteiger partial charge in [0.2, 0.25) is 0 Å². The summed E-state index contributed by atoms with van der Waals surface area (Å²) in [5, 5.41) is 4.95.